The first-order chi connectivity index (χ1) is 14.0. The number of methoxy groups -OCH3 is 1. The Bertz CT molecular complexity index is 1050. The van der Waals surface area contributed by atoms with Gasteiger partial charge in [-0.3, -0.25) is 0 Å². The fraction of sp³-hybridized carbons (Fsp3) is 0.318. The van der Waals surface area contributed by atoms with Crippen LogP contribution >= 0.6 is 0 Å². The number of piperidine rings is 1. The number of carbonyl (C=O) groups excluding carboxylic acids is 1. The van der Waals surface area contributed by atoms with E-state index in [1.807, 2.05) is 37.3 Å². The largest absolute Gasteiger partial charge is 0.507 e. The molecule has 1 saturated heterocycles. The molecular weight excluding hydrogens is 368 g/mol. The number of nitrogens with zero attached hydrogens (tertiary/aromatic N) is 3. The van der Waals surface area contributed by atoms with E-state index < -0.39 is 6.09 Å². The van der Waals surface area contributed by atoms with Crippen LogP contribution in [0.15, 0.2) is 42.5 Å². The van der Waals surface area contributed by atoms with Gasteiger partial charge >= 0.3 is 6.09 Å². The number of benzene rings is 2. The van der Waals surface area contributed by atoms with Crippen molar-refractivity contribution in [2.75, 3.05) is 25.1 Å². The quantitative estimate of drug-likeness (QED) is 0.708. The highest BCUT2D eigenvalue weighted by atomic mass is 16.5. The monoisotopic (exact) mass is 392 g/mol. The summed E-state index contributed by atoms with van der Waals surface area (Å²) in [6.45, 7) is 3.49. The van der Waals surface area contributed by atoms with Crippen molar-refractivity contribution < 1.29 is 14.6 Å². The van der Waals surface area contributed by atoms with Crippen LogP contribution in [0.1, 0.15) is 18.4 Å². The summed E-state index contributed by atoms with van der Waals surface area (Å²) >= 11 is 0. The van der Waals surface area contributed by atoms with Crippen LogP contribution in [0.2, 0.25) is 0 Å². The number of carbonyl (C=O) groups is 1. The molecule has 0 aliphatic carbocycles. The van der Waals surface area contributed by atoms with Gasteiger partial charge in [-0.2, -0.15) is 0 Å². The molecule has 1 amide bonds. The number of ether oxygens (including phenoxy) is 1. The maximum atomic E-state index is 11.6. The fourth-order valence-corrected chi connectivity index (χ4v) is 3.76. The van der Waals surface area contributed by atoms with Crippen molar-refractivity contribution in [2.45, 2.75) is 25.8 Å². The molecule has 1 aliphatic heterocycles. The summed E-state index contributed by atoms with van der Waals surface area (Å²) in [6, 6.07) is 13.2. The first-order valence-corrected chi connectivity index (χ1v) is 9.71. The normalized spacial score (nSPS) is 16.6. The lowest BCUT2D eigenvalue weighted by Crippen LogP contribution is -2.48. The number of alkyl carbamates (subject to hydrolysis) is 1. The third-order valence-electron chi connectivity index (χ3n) is 5.21. The SMILES string of the molecule is COC(=O)NC1CCCN(c2nc(-c3ccccc3O)nc3cc(C)ccc23)C1. The van der Waals surface area contributed by atoms with Crippen LogP contribution in [-0.2, 0) is 4.74 Å². The van der Waals surface area contributed by atoms with E-state index in [4.69, 9.17) is 14.7 Å². The van der Waals surface area contributed by atoms with Gasteiger partial charge < -0.3 is 20.1 Å². The highest BCUT2D eigenvalue weighted by molar-refractivity contribution is 5.92. The van der Waals surface area contributed by atoms with Crippen LogP contribution in [0.5, 0.6) is 5.75 Å². The van der Waals surface area contributed by atoms with Gasteiger partial charge in [0.15, 0.2) is 5.82 Å². The average Bonchev–Trinajstić information content (AvgIpc) is 2.73. The second-order valence-electron chi connectivity index (χ2n) is 7.33. The Hall–Kier alpha value is -3.35. The minimum atomic E-state index is -0.421. The summed E-state index contributed by atoms with van der Waals surface area (Å²) < 4.78 is 4.75. The van der Waals surface area contributed by atoms with Gasteiger partial charge in [-0.25, -0.2) is 14.8 Å². The van der Waals surface area contributed by atoms with Crippen molar-refractivity contribution in [3.8, 4) is 17.1 Å². The molecule has 0 spiro atoms. The lowest BCUT2D eigenvalue weighted by atomic mass is 10.0. The van der Waals surface area contributed by atoms with Crippen molar-refractivity contribution in [3.63, 3.8) is 0 Å². The van der Waals surface area contributed by atoms with E-state index in [9.17, 15) is 9.90 Å². The molecule has 7 nitrogen and oxygen atoms in total. The van der Waals surface area contributed by atoms with Crippen LogP contribution in [0, 0.1) is 6.92 Å². The second kappa shape index (κ2) is 7.95. The first kappa shape index (κ1) is 19.0. The van der Waals surface area contributed by atoms with E-state index in [0.29, 0.717) is 17.9 Å². The van der Waals surface area contributed by atoms with Crippen LogP contribution in [0.25, 0.3) is 22.3 Å². The zero-order chi connectivity index (χ0) is 20.4. The average molecular weight is 392 g/mol. The molecule has 0 bridgehead atoms. The molecule has 3 aromatic rings. The number of nitrogens with one attached hydrogen (secondary N) is 1. The summed E-state index contributed by atoms with van der Waals surface area (Å²) in [4.78, 5) is 23.4. The van der Waals surface area contributed by atoms with Gasteiger partial charge in [0.1, 0.15) is 11.6 Å². The van der Waals surface area contributed by atoms with Crippen molar-refractivity contribution >= 4 is 22.8 Å². The summed E-state index contributed by atoms with van der Waals surface area (Å²) in [5, 5.41) is 14.2. The van der Waals surface area contributed by atoms with Gasteiger partial charge in [0.05, 0.1) is 18.2 Å². The lowest BCUT2D eigenvalue weighted by Gasteiger charge is -2.34. The molecule has 4 rings (SSSR count). The Morgan fingerprint density at radius 3 is 2.86 bits per heavy atom. The highest BCUT2D eigenvalue weighted by Crippen LogP contribution is 2.32. The Balaban J connectivity index is 1.78. The molecule has 1 fully saturated rings. The Morgan fingerprint density at radius 2 is 2.07 bits per heavy atom. The minimum absolute atomic E-state index is 0.0137. The molecule has 7 heteroatoms. The zero-order valence-corrected chi connectivity index (χ0v) is 16.6. The van der Waals surface area contributed by atoms with Gasteiger partial charge in [0, 0.05) is 24.5 Å². The van der Waals surface area contributed by atoms with Crippen molar-refractivity contribution in [3.05, 3.63) is 48.0 Å². The van der Waals surface area contributed by atoms with E-state index in [-0.39, 0.29) is 11.8 Å². The molecule has 2 aromatic carbocycles. The van der Waals surface area contributed by atoms with Gasteiger partial charge in [0.25, 0.3) is 0 Å². The predicted octanol–water partition coefficient (Wildman–Crippen LogP) is 3.64. The maximum absolute atomic E-state index is 11.6. The number of hydrogen-bond donors (Lipinski definition) is 2. The highest BCUT2D eigenvalue weighted by Gasteiger charge is 2.25. The van der Waals surface area contributed by atoms with Crippen molar-refractivity contribution in [1.29, 1.82) is 0 Å². The van der Waals surface area contributed by atoms with E-state index >= 15 is 0 Å². The second-order valence-corrected chi connectivity index (χ2v) is 7.33. The van der Waals surface area contributed by atoms with Crippen LogP contribution in [0.4, 0.5) is 10.6 Å². The maximum Gasteiger partial charge on any atom is 0.407 e. The predicted molar refractivity (Wildman–Crippen MR) is 112 cm³/mol. The lowest BCUT2D eigenvalue weighted by molar-refractivity contribution is 0.165. The smallest absolute Gasteiger partial charge is 0.407 e. The summed E-state index contributed by atoms with van der Waals surface area (Å²) in [5.41, 5.74) is 2.53. The van der Waals surface area contributed by atoms with Crippen molar-refractivity contribution in [1.82, 2.24) is 15.3 Å². The molecule has 1 atom stereocenters. The number of fused-ring (bicyclic) bond motifs is 1. The molecule has 2 N–H and O–H groups in total. The molecule has 0 radical (unpaired) electrons. The number of anilines is 1. The molecule has 1 aromatic heterocycles. The summed E-state index contributed by atoms with van der Waals surface area (Å²) in [6.07, 6.45) is 1.40. The van der Waals surface area contributed by atoms with Crippen LogP contribution in [0.3, 0.4) is 0 Å². The third kappa shape index (κ3) is 3.94. The standard InChI is InChI=1S/C22H24N4O3/c1-14-9-10-16-18(12-14)24-20(17-7-3-4-8-19(17)27)25-21(16)26-11-5-6-15(13-26)23-22(28)29-2/h3-4,7-10,12,15,27H,5-6,11,13H2,1-2H3,(H,23,28). The van der Waals surface area contributed by atoms with Crippen LogP contribution < -0.4 is 10.2 Å². The number of aromatic nitrogens is 2. The minimum Gasteiger partial charge on any atom is -0.507 e. The van der Waals surface area contributed by atoms with E-state index in [1.54, 1.807) is 12.1 Å². The number of aromatic hydroxyl groups is 1. The first-order valence-electron chi connectivity index (χ1n) is 9.71. The number of phenols is 1. The van der Waals surface area contributed by atoms with Gasteiger partial charge in [-0.15, -0.1) is 0 Å². The van der Waals surface area contributed by atoms with Gasteiger partial charge in [-0.05, 0) is 49.6 Å². The summed E-state index contributed by atoms with van der Waals surface area (Å²) in [5.74, 6) is 1.44. The van der Waals surface area contributed by atoms with Gasteiger partial charge in [-0.1, -0.05) is 18.2 Å². The Kier molecular flexibility index (Phi) is 5.20. The number of hydrogen-bond acceptors (Lipinski definition) is 6. The molecular formula is C22H24N4O3. The molecule has 29 heavy (non-hydrogen) atoms. The third-order valence-corrected chi connectivity index (χ3v) is 5.21. The van der Waals surface area contributed by atoms with Crippen LogP contribution in [-0.4, -0.2) is 47.4 Å². The van der Waals surface area contributed by atoms with E-state index in [1.165, 1.54) is 7.11 Å². The molecule has 0 saturated carbocycles. The molecule has 150 valence electrons. The number of phenolic OH excluding ortho intramolecular Hbond substituents is 1. The number of amides is 1. The molecule has 1 aliphatic rings. The zero-order valence-electron chi connectivity index (χ0n) is 16.6. The topological polar surface area (TPSA) is 87.6 Å². The summed E-state index contributed by atoms with van der Waals surface area (Å²) in [7, 11) is 1.37. The Labute approximate surface area is 169 Å². The van der Waals surface area contributed by atoms with E-state index in [2.05, 4.69) is 10.2 Å². The Morgan fingerprint density at radius 1 is 1.24 bits per heavy atom. The fourth-order valence-electron chi connectivity index (χ4n) is 3.76. The number of para-hydroxylation sites is 1. The number of aryl methyl sites for hydroxylation is 1. The molecule has 1 unspecified atom stereocenters. The van der Waals surface area contributed by atoms with Crippen molar-refractivity contribution in [2.24, 2.45) is 0 Å². The number of rotatable bonds is 3. The van der Waals surface area contributed by atoms with E-state index in [0.717, 1.165) is 41.7 Å². The van der Waals surface area contributed by atoms with Gasteiger partial charge in [0.2, 0.25) is 0 Å². The molecule has 2 heterocycles.